The zero-order valence-electron chi connectivity index (χ0n) is 14.2. The number of hydrogen-bond donors (Lipinski definition) is 1. The topological polar surface area (TPSA) is 79.0 Å². The monoisotopic (exact) mass is 328 g/mol. The van der Waals surface area contributed by atoms with Gasteiger partial charge in [0.2, 0.25) is 5.91 Å². The van der Waals surface area contributed by atoms with Gasteiger partial charge in [-0.2, -0.15) is 0 Å². The number of nitrogens with zero attached hydrogens (tertiary/aromatic N) is 3. The summed E-state index contributed by atoms with van der Waals surface area (Å²) in [6.45, 7) is 5.47. The third-order valence-corrected chi connectivity index (χ3v) is 5.11. The van der Waals surface area contributed by atoms with Gasteiger partial charge in [0.05, 0.1) is 0 Å². The largest absolute Gasteiger partial charge is 0.369 e. The smallest absolute Gasteiger partial charge is 0.261 e. The van der Waals surface area contributed by atoms with Gasteiger partial charge in [-0.3, -0.25) is 14.5 Å². The Bertz CT molecular complexity index is 665. The van der Waals surface area contributed by atoms with Crippen LogP contribution in [0.4, 0.5) is 0 Å². The summed E-state index contributed by atoms with van der Waals surface area (Å²) in [5, 5.41) is 0. The summed E-state index contributed by atoms with van der Waals surface area (Å²) < 4.78 is 0. The van der Waals surface area contributed by atoms with Crippen molar-refractivity contribution in [1.29, 1.82) is 0 Å². The van der Waals surface area contributed by atoms with Crippen LogP contribution in [0.15, 0.2) is 35.3 Å². The lowest BCUT2D eigenvalue weighted by Crippen LogP contribution is -2.46. The average molecular weight is 328 g/mol. The number of nitrogens with two attached hydrogens (primary N) is 1. The van der Waals surface area contributed by atoms with Crippen molar-refractivity contribution in [3.05, 3.63) is 35.9 Å². The van der Waals surface area contributed by atoms with Gasteiger partial charge < -0.3 is 10.6 Å². The Morgan fingerprint density at radius 1 is 1.29 bits per heavy atom. The van der Waals surface area contributed by atoms with Crippen molar-refractivity contribution in [2.24, 2.45) is 16.6 Å². The second-order valence-electron chi connectivity index (χ2n) is 6.77. The van der Waals surface area contributed by atoms with E-state index in [0.717, 1.165) is 31.5 Å². The third kappa shape index (κ3) is 2.88. The van der Waals surface area contributed by atoms with E-state index < -0.39 is 5.54 Å². The van der Waals surface area contributed by atoms with Crippen LogP contribution in [0.1, 0.15) is 32.3 Å². The number of amides is 2. The predicted molar refractivity (Wildman–Crippen MR) is 92.1 cm³/mol. The molecule has 0 aliphatic carbocycles. The van der Waals surface area contributed by atoms with Crippen molar-refractivity contribution in [3.8, 4) is 0 Å². The Morgan fingerprint density at radius 2 is 1.92 bits per heavy atom. The molecule has 2 amide bonds. The van der Waals surface area contributed by atoms with Crippen LogP contribution in [-0.2, 0) is 15.1 Å². The van der Waals surface area contributed by atoms with Gasteiger partial charge in [-0.05, 0) is 31.2 Å². The van der Waals surface area contributed by atoms with Gasteiger partial charge in [-0.25, -0.2) is 4.99 Å². The van der Waals surface area contributed by atoms with Gasteiger partial charge in [0.15, 0.2) is 11.5 Å². The molecule has 1 fully saturated rings. The normalized spacial score (nSPS) is 25.1. The van der Waals surface area contributed by atoms with E-state index >= 15 is 0 Å². The first-order valence-corrected chi connectivity index (χ1v) is 8.40. The van der Waals surface area contributed by atoms with E-state index in [4.69, 9.17) is 5.73 Å². The van der Waals surface area contributed by atoms with Crippen LogP contribution in [0.25, 0.3) is 0 Å². The highest BCUT2D eigenvalue weighted by molar-refractivity contribution is 6.06. The number of aliphatic imine (C=N–C) groups is 1. The fraction of sp³-hybridized carbons (Fsp3) is 0.500. The molecule has 6 heteroatoms. The predicted octanol–water partition coefficient (Wildman–Crippen LogP) is 1.32. The molecule has 0 bridgehead atoms. The highest BCUT2D eigenvalue weighted by Crippen LogP contribution is 2.33. The van der Waals surface area contributed by atoms with E-state index in [9.17, 15) is 9.59 Å². The molecule has 6 nitrogen and oxygen atoms in total. The highest BCUT2D eigenvalue weighted by Gasteiger charge is 2.45. The quantitative estimate of drug-likeness (QED) is 0.909. The molecule has 1 atom stereocenters. The Kier molecular flexibility index (Phi) is 4.30. The van der Waals surface area contributed by atoms with Crippen LogP contribution in [0.5, 0.6) is 0 Å². The minimum absolute atomic E-state index is 0.0693. The summed E-state index contributed by atoms with van der Waals surface area (Å²) in [6, 6.07) is 9.53. The maximum absolute atomic E-state index is 13.0. The van der Waals surface area contributed by atoms with Crippen molar-refractivity contribution in [2.45, 2.75) is 32.2 Å². The number of guanidine groups is 1. The van der Waals surface area contributed by atoms with E-state index in [2.05, 4.69) is 4.99 Å². The minimum Gasteiger partial charge on any atom is -0.369 e. The van der Waals surface area contributed by atoms with Crippen LogP contribution in [0, 0.1) is 5.92 Å². The first kappa shape index (κ1) is 16.5. The lowest BCUT2D eigenvalue weighted by molar-refractivity contribution is -0.133. The van der Waals surface area contributed by atoms with Gasteiger partial charge in [-0.15, -0.1) is 0 Å². The molecule has 1 aromatic rings. The number of hydrogen-bond acceptors (Lipinski definition) is 4. The Balaban J connectivity index is 1.69. The van der Waals surface area contributed by atoms with Crippen molar-refractivity contribution >= 4 is 17.8 Å². The molecule has 1 saturated heterocycles. The maximum atomic E-state index is 13.0. The lowest BCUT2D eigenvalue weighted by atomic mass is 9.91. The molecule has 24 heavy (non-hydrogen) atoms. The Hall–Kier alpha value is -2.37. The maximum Gasteiger partial charge on any atom is 0.261 e. The SMILES string of the molecule is CC(=O)N1CCC(CN2C(=O)C(C)(c3ccccc3)N=C2N)CC1. The summed E-state index contributed by atoms with van der Waals surface area (Å²) in [4.78, 5) is 32.3. The van der Waals surface area contributed by atoms with Gasteiger partial charge in [-0.1, -0.05) is 30.3 Å². The van der Waals surface area contributed by atoms with E-state index in [1.807, 2.05) is 42.2 Å². The number of carbonyl (C=O) groups is 2. The summed E-state index contributed by atoms with van der Waals surface area (Å²) in [6.07, 6.45) is 1.78. The van der Waals surface area contributed by atoms with E-state index in [1.54, 1.807) is 11.8 Å². The molecular formula is C18H24N4O2. The molecule has 0 radical (unpaired) electrons. The van der Waals surface area contributed by atoms with Gasteiger partial charge in [0.1, 0.15) is 0 Å². The zero-order chi connectivity index (χ0) is 17.3. The Morgan fingerprint density at radius 3 is 2.50 bits per heavy atom. The molecular weight excluding hydrogens is 304 g/mol. The van der Waals surface area contributed by atoms with Crippen LogP contribution in [0.2, 0.25) is 0 Å². The second kappa shape index (κ2) is 6.26. The molecule has 2 aliphatic heterocycles. The van der Waals surface area contributed by atoms with Crippen molar-refractivity contribution in [1.82, 2.24) is 9.80 Å². The molecule has 0 spiro atoms. The standard InChI is InChI=1S/C18H24N4O2/c1-13(23)21-10-8-14(9-11-21)12-22-16(24)18(2,20-17(22)19)15-6-4-3-5-7-15/h3-7,14H,8-12H2,1-2H3,(H2,19,20). The minimum atomic E-state index is -0.939. The van der Waals surface area contributed by atoms with Crippen LogP contribution >= 0.6 is 0 Å². The zero-order valence-corrected chi connectivity index (χ0v) is 14.2. The number of carbonyl (C=O) groups excluding carboxylic acids is 2. The first-order chi connectivity index (χ1) is 11.4. The summed E-state index contributed by atoms with van der Waals surface area (Å²) in [7, 11) is 0. The third-order valence-electron chi connectivity index (χ3n) is 5.11. The Labute approximate surface area is 142 Å². The van der Waals surface area contributed by atoms with E-state index in [-0.39, 0.29) is 11.8 Å². The lowest BCUT2D eigenvalue weighted by Gasteiger charge is -2.33. The average Bonchev–Trinajstić information content (AvgIpc) is 2.80. The van der Waals surface area contributed by atoms with Crippen LogP contribution < -0.4 is 5.73 Å². The first-order valence-electron chi connectivity index (χ1n) is 8.40. The number of likely N-dealkylation sites (tertiary alicyclic amines) is 1. The molecule has 0 aromatic heterocycles. The molecule has 3 rings (SSSR count). The van der Waals surface area contributed by atoms with Crippen molar-refractivity contribution in [3.63, 3.8) is 0 Å². The number of benzene rings is 1. The second-order valence-corrected chi connectivity index (χ2v) is 6.77. The summed E-state index contributed by atoms with van der Waals surface area (Å²) in [5.74, 6) is 0.681. The number of rotatable bonds is 3. The van der Waals surface area contributed by atoms with E-state index in [1.165, 1.54) is 0 Å². The summed E-state index contributed by atoms with van der Waals surface area (Å²) in [5.41, 5.74) is 5.98. The molecule has 1 unspecified atom stereocenters. The van der Waals surface area contributed by atoms with Gasteiger partial charge in [0.25, 0.3) is 5.91 Å². The molecule has 128 valence electrons. The van der Waals surface area contributed by atoms with Crippen LogP contribution in [0.3, 0.4) is 0 Å². The number of piperidine rings is 1. The molecule has 1 aromatic carbocycles. The molecule has 2 heterocycles. The van der Waals surface area contributed by atoms with Crippen molar-refractivity contribution < 1.29 is 9.59 Å². The summed E-state index contributed by atoms with van der Waals surface area (Å²) >= 11 is 0. The molecule has 0 saturated carbocycles. The fourth-order valence-corrected chi connectivity index (χ4v) is 3.52. The highest BCUT2D eigenvalue weighted by atomic mass is 16.2. The van der Waals surface area contributed by atoms with E-state index in [0.29, 0.717) is 18.4 Å². The van der Waals surface area contributed by atoms with Gasteiger partial charge >= 0.3 is 0 Å². The fourth-order valence-electron chi connectivity index (χ4n) is 3.52. The van der Waals surface area contributed by atoms with Crippen LogP contribution in [-0.4, -0.2) is 47.2 Å². The van der Waals surface area contributed by atoms with Gasteiger partial charge in [0, 0.05) is 26.6 Å². The van der Waals surface area contributed by atoms with Crippen molar-refractivity contribution in [2.75, 3.05) is 19.6 Å². The molecule has 2 N–H and O–H groups in total. The molecule has 2 aliphatic rings.